The minimum atomic E-state index is -0.774. The number of furan rings is 1. The average Bonchev–Trinajstić information content (AvgIpc) is 3.34. The topological polar surface area (TPSA) is 121 Å². The maximum absolute atomic E-state index is 12.8. The van der Waals surface area contributed by atoms with Gasteiger partial charge in [-0.05, 0) is 55.3 Å². The lowest BCUT2D eigenvalue weighted by molar-refractivity contribution is -0.130. The molecule has 0 bridgehead atoms. The molecular formula is C25H23N2O6S+. The highest BCUT2D eigenvalue weighted by Crippen LogP contribution is 2.32. The van der Waals surface area contributed by atoms with Crippen molar-refractivity contribution in [2.24, 2.45) is 0 Å². The Balaban J connectivity index is 1.42. The largest absolute Gasteiger partial charge is 0.515 e. The summed E-state index contributed by atoms with van der Waals surface area (Å²) in [6.07, 6.45) is 0.182. The Morgan fingerprint density at radius 2 is 1.91 bits per heavy atom. The van der Waals surface area contributed by atoms with Crippen LogP contribution in [-0.4, -0.2) is 49.6 Å². The minimum Gasteiger partial charge on any atom is -0.461 e. The number of carbonyl (C=O) groups excluding carboxylic acids is 3. The van der Waals surface area contributed by atoms with Crippen molar-refractivity contribution in [1.82, 2.24) is 4.90 Å². The molecular weight excluding hydrogens is 456 g/mol. The van der Waals surface area contributed by atoms with Gasteiger partial charge in [-0.2, -0.15) is 0 Å². The second-order valence-electron chi connectivity index (χ2n) is 7.99. The van der Waals surface area contributed by atoms with Crippen molar-refractivity contribution in [2.75, 3.05) is 11.9 Å². The summed E-state index contributed by atoms with van der Waals surface area (Å²) in [5.74, 6) is -0.656. The minimum absolute atomic E-state index is 0.182. The number of anilines is 1. The standard InChI is InChI=1S/C25H22N2O6S/c1-14-5-3-6-16(11-14)26-22(28)13-27-23(29)21(34-25(27)32)12-17-9-10-20(33-17)18-7-4-8-19(15(18)2)24(30)31/h3-11,21H,12-13H2,1-2H3,(H,26,28)(H,30,31)/p+1. The first-order valence-electron chi connectivity index (χ1n) is 10.6. The molecule has 3 N–H and O–H groups in total. The summed E-state index contributed by atoms with van der Waals surface area (Å²) in [6, 6.07) is 15.8. The molecule has 3 aromatic rings. The number of imide groups is 1. The highest BCUT2D eigenvalue weighted by atomic mass is 32.2. The molecule has 1 aliphatic heterocycles. The number of carboxylic acid groups (broad SMARTS) is 1. The van der Waals surface area contributed by atoms with Gasteiger partial charge in [-0.15, -0.1) is 0 Å². The Morgan fingerprint density at radius 1 is 1.15 bits per heavy atom. The van der Waals surface area contributed by atoms with Gasteiger partial charge in [0.25, 0.3) is 5.24 Å². The number of hydrogen-bond acceptors (Lipinski definition) is 5. The average molecular weight is 480 g/mol. The van der Waals surface area contributed by atoms with Crippen LogP contribution in [0.5, 0.6) is 0 Å². The monoisotopic (exact) mass is 479 g/mol. The van der Waals surface area contributed by atoms with E-state index in [1.54, 1.807) is 49.4 Å². The predicted octanol–water partition coefficient (Wildman–Crippen LogP) is 4.22. The van der Waals surface area contributed by atoms with E-state index in [0.717, 1.165) is 22.2 Å². The van der Waals surface area contributed by atoms with Crippen LogP contribution in [0, 0.1) is 13.8 Å². The fourth-order valence-corrected chi connectivity index (χ4v) is 4.80. The molecule has 34 heavy (non-hydrogen) atoms. The zero-order chi connectivity index (χ0) is 24.4. The van der Waals surface area contributed by atoms with Gasteiger partial charge in [0.1, 0.15) is 28.9 Å². The van der Waals surface area contributed by atoms with Crippen LogP contribution in [0.25, 0.3) is 11.3 Å². The second-order valence-corrected chi connectivity index (χ2v) is 9.14. The van der Waals surface area contributed by atoms with E-state index in [0.29, 0.717) is 33.9 Å². The molecule has 2 aromatic carbocycles. The fourth-order valence-electron chi connectivity index (χ4n) is 3.80. The number of thioether (sulfide) groups is 1. The van der Waals surface area contributed by atoms with Crippen LogP contribution in [0.1, 0.15) is 22.5 Å². The van der Waals surface area contributed by atoms with Crippen molar-refractivity contribution in [3.8, 4) is 11.3 Å². The number of nitrogens with zero attached hydrogens (tertiary/aromatic N) is 1. The molecule has 1 saturated heterocycles. The maximum Gasteiger partial charge on any atom is 0.515 e. The number of rotatable bonds is 7. The fraction of sp³-hybridized carbons (Fsp3) is 0.200. The Kier molecular flexibility index (Phi) is 6.56. The van der Waals surface area contributed by atoms with E-state index in [-0.39, 0.29) is 13.0 Å². The number of aromatic carboxylic acids is 1. The summed E-state index contributed by atoms with van der Waals surface area (Å²) in [5.41, 5.74) is 3.19. The van der Waals surface area contributed by atoms with Gasteiger partial charge in [-0.25, -0.2) is 0 Å². The number of aryl methyl sites for hydroxylation is 1. The lowest BCUT2D eigenvalue weighted by atomic mass is 10.0. The van der Waals surface area contributed by atoms with E-state index in [2.05, 4.69) is 5.32 Å². The van der Waals surface area contributed by atoms with Crippen LogP contribution in [0.15, 0.2) is 59.0 Å². The number of carboxylic acids is 1. The number of nitrogens with one attached hydrogen (secondary N) is 1. The third kappa shape index (κ3) is 4.89. The van der Waals surface area contributed by atoms with Crippen molar-refractivity contribution in [3.63, 3.8) is 0 Å². The SMILES string of the molecule is Cc1cccc(NC(=O)CN2C(=O)SC(Cc3ccc(-c4cccc(C(O)=[OH+])c4C)o3)C2=O)c1. The van der Waals surface area contributed by atoms with Crippen LogP contribution < -0.4 is 5.32 Å². The molecule has 8 nitrogen and oxygen atoms in total. The van der Waals surface area contributed by atoms with Crippen LogP contribution in [0.3, 0.4) is 0 Å². The number of carbonyl (C=O) groups is 3. The van der Waals surface area contributed by atoms with Crippen LogP contribution in [-0.2, 0) is 16.0 Å². The summed E-state index contributed by atoms with van der Waals surface area (Å²) in [7, 11) is 0. The maximum atomic E-state index is 12.8. The smallest absolute Gasteiger partial charge is 0.461 e. The summed E-state index contributed by atoms with van der Waals surface area (Å²) in [6.45, 7) is 3.29. The van der Waals surface area contributed by atoms with Crippen LogP contribution >= 0.6 is 11.8 Å². The van der Waals surface area contributed by atoms with Gasteiger partial charge >= 0.3 is 5.97 Å². The van der Waals surface area contributed by atoms with Gasteiger partial charge in [0.15, 0.2) is 0 Å². The lowest BCUT2D eigenvalue weighted by Gasteiger charge is -2.13. The molecule has 1 atom stereocenters. The molecule has 4 rings (SSSR count). The molecule has 9 heteroatoms. The number of amides is 3. The zero-order valence-corrected chi connectivity index (χ0v) is 19.4. The van der Waals surface area contributed by atoms with E-state index < -0.39 is 28.3 Å². The van der Waals surface area contributed by atoms with Gasteiger partial charge in [0.05, 0.1) is 0 Å². The Labute approximate surface area is 199 Å². The van der Waals surface area contributed by atoms with E-state index in [9.17, 15) is 24.3 Å². The van der Waals surface area contributed by atoms with Gasteiger partial charge < -0.3 is 19.6 Å². The van der Waals surface area contributed by atoms with E-state index >= 15 is 0 Å². The number of hydrogen-bond donors (Lipinski definition) is 2. The molecule has 0 radical (unpaired) electrons. The Morgan fingerprint density at radius 3 is 2.65 bits per heavy atom. The van der Waals surface area contributed by atoms with Gasteiger partial charge in [-0.3, -0.25) is 19.3 Å². The second kappa shape index (κ2) is 9.56. The molecule has 1 aliphatic rings. The predicted molar refractivity (Wildman–Crippen MR) is 130 cm³/mol. The third-order valence-corrected chi connectivity index (χ3v) is 6.57. The first-order valence-corrected chi connectivity index (χ1v) is 11.4. The summed E-state index contributed by atoms with van der Waals surface area (Å²) < 4.78 is 5.89. The molecule has 1 aromatic heterocycles. The molecule has 0 saturated carbocycles. The van der Waals surface area contributed by atoms with Crippen molar-refractivity contribution < 1.29 is 28.7 Å². The first-order chi connectivity index (χ1) is 16.2. The van der Waals surface area contributed by atoms with Gasteiger partial charge in [-0.1, -0.05) is 36.0 Å². The Bertz CT molecular complexity index is 1300. The van der Waals surface area contributed by atoms with Crippen molar-refractivity contribution in [3.05, 3.63) is 77.0 Å². The zero-order valence-electron chi connectivity index (χ0n) is 18.6. The molecule has 2 heterocycles. The normalized spacial score (nSPS) is 15.6. The quantitative estimate of drug-likeness (QED) is 0.490. The molecule has 3 amide bonds. The van der Waals surface area contributed by atoms with Crippen LogP contribution in [0.2, 0.25) is 0 Å². The van der Waals surface area contributed by atoms with Crippen molar-refractivity contribution in [2.45, 2.75) is 25.5 Å². The molecule has 1 unspecified atom stereocenters. The highest BCUT2D eigenvalue weighted by Gasteiger charge is 2.41. The number of aliphatic hydroxyl groups excluding tert-OH is 1. The van der Waals surface area contributed by atoms with Crippen molar-refractivity contribution in [1.29, 1.82) is 0 Å². The van der Waals surface area contributed by atoms with Crippen LogP contribution in [0.4, 0.5) is 10.5 Å². The molecule has 1 fully saturated rings. The summed E-state index contributed by atoms with van der Waals surface area (Å²) >= 11 is 0.870. The highest BCUT2D eigenvalue weighted by molar-refractivity contribution is 8.15. The number of benzene rings is 2. The van der Waals surface area contributed by atoms with E-state index in [4.69, 9.17) is 4.42 Å². The first kappa shape index (κ1) is 23.3. The molecule has 0 spiro atoms. The summed E-state index contributed by atoms with van der Waals surface area (Å²) in [4.78, 5) is 48.0. The molecule has 0 aliphatic carbocycles. The lowest BCUT2D eigenvalue weighted by Crippen LogP contribution is -2.38. The van der Waals surface area contributed by atoms with E-state index in [1.807, 2.05) is 19.1 Å². The van der Waals surface area contributed by atoms with Crippen molar-refractivity contribution >= 4 is 40.5 Å². The Hall–Kier alpha value is -3.85. The summed E-state index contributed by atoms with van der Waals surface area (Å²) in [5, 5.41) is 11.0. The van der Waals surface area contributed by atoms with E-state index in [1.165, 1.54) is 0 Å². The van der Waals surface area contributed by atoms with Gasteiger partial charge in [0.2, 0.25) is 11.8 Å². The van der Waals surface area contributed by atoms with Gasteiger partial charge in [0, 0.05) is 17.7 Å². The third-order valence-electron chi connectivity index (χ3n) is 5.50. The molecule has 174 valence electrons.